The second-order valence-corrected chi connectivity index (χ2v) is 4.67. The Morgan fingerprint density at radius 3 is 1.94 bits per heavy atom. The molecule has 1 rings (SSSR count). The van der Waals surface area contributed by atoms with E-state index in [4.69, 9.17) is 5.11 Å². The van der Waals surface area contributed by atoms with Crippen LogP contribution in [0.25, 0.3) is 0 Å². The number of allylic oxidation sites excluding steroid dienone is 2. The molecular weight excluding hydrogens is 212 g/mol. The fourth-order valence-electron chi connectivity index (χ4n) is 1.82. The van der Waals surface area contributed by atoms with E-state index >= 15 is 0 Å². The largest absolute Gasteiger partial charge is 0.481 e. The number of rotatable bonds is 7. The quantitative estimate of drug-likeness (QED) is 0.505. The van der Waals surface area contributed by atoms with Gasteiger partial charge in [0.2, 0.25) is 0 Å². The minimum absolute atomic E-state index is 0.339. The second kappa shape index (κ2) is 13.3. The van der Waals surface area contributed by atoms with Gasteiger partial charge in [-0.1, -0.05) is 51.2 Å². The average Bonchev–Trinajstić information content (AvgIpc) is 2.36. The summed E-state index contributed by atoms with van der Waals surface area (Å²) >= 11 is 0. The van der Waals surface area contributed by atoms with Gasteiger partial charge in [-0.15, -0.1) is 0 Å². The van der Waals surface area contributed by atoms with E-state index in [0.29, 0.717) is 6.42 Å². The molecule has 2 heteroatoms. The zero-order valence-corrected chi connectivity index (χ0v) is 11.3. The van der Waals surface area contributed by atoms with Crippen molar-refractivity contribution >= 4 is 5.97 Å². The first-order valence-corrected chi connectivity index (χ1v) is 7.14. The van der Waals surface area contributed by atoms with Crippen LogP contribution in [0, 0.1) is 0 Å². The van der Waals surface area contributed by atoms with Gasteiger partial charge in [0, 0.05) is 6.42 Å². The van der Waals surface area contributed by atoms with Crippen LogP contribution in [0.5, 0.6) is 0 Å². The van der Waals surface area contributed by atoms with Crippen molar-refractivity contribution < 1.29 is 9.90 Å². The van der Waals surface area contributed by atoms with E-state index in [1.165, 1.54) is 51.4 Å². The smallest absolute Gasteiger partial charge is 0.303 e. The number of carbonyl (C=O) groups is 1. The van der Waals surface area contributed by atoms with E-state index < -0.39 is 5.97 Å². The van der Waals surface area contributed by atoms with Crippen molar-refractivity contribution in [3.05, 3.63) is 12.2 Å². The summed E-state index contributed by atoms with van der Waals surface area (Å²) in [6.07, 6.45) is 17.3. The molecule has 0 aromatic carbocycles. The molecule has 0 amide bonds. The van der Waals surface area contributed by atoms with Crippen LogP contribution in [0.2, 0.25) is 0 Å². The van der Waals surface area contributed by atoms with Crippen LogP contribution in [-0.2, 0) is 4.79 Å². The summed E-state index contributed by atoms with van der Waals surface area (Å²) in [5.74, 6) is -0.666. The lowest BCUT2D eigenvalue weighted by atomic mass is 10.1. The molecule has 0 fully saturated rings. The van der Waals surface area contributed by atoms with E-state index in [2.05, 4.69) is 19.1 Å². The molecule has 1 aliphatic carbocycles. The van der Waals surface area contributed by atoms with Crippen LogP contribution in [0.3, 0.4) is 0 Å². The average molecular weight is 240 g/mol. The Morgan fingerprint density at radius 1 is 1.00 bits per heavy atom. The van der Waals surface area contributed by atoms with Crippen LogP contribution in [0.1, 0.15) is 77.6 Å². The van der Waals surface area contributed by atoms with Crippen LogP contribution >= 0.6 is 0 Å². The molecule has 0 heterocycles. The topological polar surface area (TPSA) is 37.3 Å². The molecule has 1 aliphatic rings. The summed E-state index contributed by atoms with van der Waals surface area (Å²) in [6.45, 7) is 2.18. The minimum atomic E-state index is -0.666. The molecule has 0 unspecified atom stereocenters. The standard InChI is InChI=1S/C9H18O2.C6H10/c1-2-3-4-5-6-7-8-9(10)11;1-2-4-6-5-3-1/h2-8H2,1H3,(H,10,11);1-2H,3-6H2. The number of unbranched alkanes of at least 4 members (excludes halogenated alkanes) is 5. The molecule has 1 N–H and O–H groups in total. The minimum Gasteiger partial charge on any atom is -0.481 e. The third-order valence-corrected chi connectivity index (χ3v) is 2.90. The van der Waals surface area contributed by atoms with Crippen molar-refractivity contribution in [3.63, 3.8) is 0 Å². The fraction of sp³-hybridized carbons (Fsp3) is 0.800. The summed E-state index contributed by atoms with van der Waals surface area (Å²) in [5.41, 5.74) is 0. The van der Waals surface area contributed by atoms with Crippen molar-refractivity contribution in [2.45, 2.75) is 77.6 Å². The molecule has 0 aromatic heterocycles. The van der Waals surface area contributed by atoms with Gasteiger partial charge >= 0.3 is 5.97 Å². The lowest BCUT2D eigenvalue weighted by molar-refractivity contribution is -0.137. The van der Waals surface area contributed by atoms with E-state index in [9.17, 15) is 4.79 Å². The van der Waals surface area contributed by atoms with Crippen LogP contribution in [0.15, 0.2) is 12.2 Å². The monoisotopic (exact) mass is 240 g/mol. The maximum atomic E-state index is 10.1. The van der Waals surface area contributed by atoms with Crippen molar-refractivity contribution in [3.8, 4) is 0 Å². The molecule has 0 aliphatic heterocycles. The summed E-state index contributed by atoms with van der Waals surface area (Å²) < 4.78 is 0. The highest BCUT2D eigenvalue weighted by atomic mass is 16.4. The van der Waals surface area contributed by atoms with Crippen molar-refractivity contribution in [2.75, 3.05) is 0 Å². The number of carboxylic acids is 1. The molecule has 0 aromatic rings. The van der Waals surface area contributed by atoms with Gasteiger partial charge in [-0.25, -0.2) is 0 Å². The predicted molar refractivity (Wildman–Crippen MR) is 73.2 cm³/mol. The fourth-order valence-corrected chi connectivity index (χ4v) is 1.82. The van der Waals surface area contributed by atoms with Gasteiger partial charge in [0.1, 0.15) is 0 Å². The van der Waals surface area contributed by atoms with Gasteiger partial charge in [-0.2, -0.15) is 0 Å². The van der Waals surface area contributed by atoms with Crippen molar-refractivity contribution in [1.29, 1.82) is 0 Å². The Bertz CT molecular complexity index is 189. The van der Waals surface area contributed by atoms with Crippen LogP contribution in [0.4, 0.5) is 0 Å². The van der Waals surface area contributed by atoms with Gasteiger partial charge in [-0.3, -0.25) is 4.79 Å². The molecule has 100 valence electrons. The van der Waals surface area contributed by atoms with E-state index in [0.717, 1.165) is 12.8 Å². The predicted octanol–water partition coefficient (Wildman–Crippen LogP) is 4.94. The highest BCUT2D eigenvalue weighted by Gasteiger charge is 1.95. The van der Waals surface area contributed by atoms with E-state index in [1.807, 2.05) is 0 Å². The summed E-state index contributed by atoms with van der Waals surface area (Å²) in [4.78, 5) is 10.1. The summed E-state index contributed by atoms with van der Waals surface area (Å²) in [7, 11) is 0. The molecule has 0 spiro atoms. The Balaban J connectivity index is 0.000000354. The lowest BCUT2D eigenvalue weighted by Gasteiger charge is -1.97. The molecular formula is C15H28O2. The van der Waals surface area contributed by atoms with Gasteiger partial charge in [-0.05, 0) is 32.1 Å². The molecule has 0 bridgehead atoms. The third kappa shape index (κ3) is 15.2. The number of hydrogen-bond acceptors (Lipinski definition) is 1. The molecule has 0 saturated heterocycles. The molecule has 0 radical (unpaired) electrons. The Labute approximate surface area is 106 Å². The molecule has 0 atom stereocenters. The lowest BCUT2D eigenvalue weighted by Crippen LogP contribution is -1.93. The molecule has 2 nitrogen and oxygen atoms in total. The first-order valence-electron chi connectivity index (χ1n) is 7.14. The molecule has 0 saturated carbocycles. The van der Waals surface area contributed by atoms with E-state index in [1.54, 1.807) is 0 Å². The SMILES string of the molecule is C1=CCCCC1.CCCCCCCCC(=O)O. The summed E-state index contributed by atoms with van der Waals surface area (Å²) in [6, 6.07) is 0. The maximum Gasteiger partial charge on any atom is 0.303 e. The normalized spacial score (nSPS) is 13.9. The second-order valence-electron chi connectivity index (χ2n) is 4.67. The van der Waals surface area contributed by atoms with E-state index in [-0.39, 0.29) is 0 Å². The first-order chi connectivity index (χ1) is 8.27. The van der Waals surface area contributed by atoms with Gasteiger partial charge < -0.3 is 5.11 Å². The number of carboxylic acid groups (broad SMARTS) is 1. The van der Waals surface area contributed by atoms with Crippen molar-refractivity contribution in [1.82, 2.24) is 0 Å². The molecule has 17 heavy (non-hydrogen) atoms. The zero-order chi connectivity index (χ0) is 12.8. The van der Waals surface area contributed by atoms with Crippen LogP contribution < -0.4 is 0 Å². The Morgan fingerprint density at radius 2 is 1.53 bits per heavy atom. The van der Waals surface area contributed by atoms with Crippen molar-refractivity contribution in [2.24, 2.45) is 0 Å². The highest BCUT2D eigenvalue weighted by molar-refractivity contribution is 5.66. The van der Waals surface area contributed by atoms with Crippen LogP contribution in [-0.4, -0.2) is 11.1 Å². The highest BCUT2D eigenvalue weighted by Crippen LogP contribution is 2.07. The maximum absolute atomic E-state index is 10.1. The van der Waals surface area contributed by atoms with Gasteiger partial charge in [0.25, 0.3) is 0 Å². The summed E-state index contributed by atoms with van der Waals surface area (Å²) in [5, 5.41) is 8.32. The third-order valence-electron chi connectivity index (χ3n) is 2.90. The van der Waals surface area contributed by atoms with Gasteiger partial charge in [0.05, 0.1) is 0 Å². The Hall–Kier alpha value is -0.790. The Kier molecular flexibility index (Phi) is 12.7. The van der Waals surface area contributed by atoms with Gasteiger partial charge in [0.15, 0.2) is 0 Å². The number of aliphatic carboxylic acids is 1. The first kappa shape index (κ1) is 16.2. The number of hydrogen-bond donors (Lipinski definition) is 1. The zero-order valence-electron chi connectivity index (χ0n) is 11.3.